The Hall–Kier alpha value is -2.21. The zero-order valence-corrected chi connectivity index (χ0v) is 16.9. The Morgan fingerprint density at radius 3 is 2.50 bits per heavy atom. The highest BCUT2D eigenvalue weighted by molar-refractivity contribution is 5.85. The number of nitrogens with two attached hydrogens (primary N) is 1. The summed E-state index contributed by atoms with van der Waals surface area (Å²) in [6.07, 6.45) is 1.03. The van der Waals surface area contributed by atoms with E-state index in [4.69, 9.17) is 10.3 Å². The van der Waals surface area contributed by atoms with Gasteiger partial charge in [0.1, 0.15) is 0 Å². The maximum Gasteiger partial charge on any atom is 0.241 e. The van der Waals surface area contributed by atoms with Crippen molar-refractivity contribution in [2.45, 2.75) is 25.8 Å². The summed E-state index contributed by atoms with van der Waals surface area (Å²) in [5.74, 6) is 2.23. The molecule has 6 heteroatoms. The molecule has 2 heterocycles. The minimum absolute atomic E-state index is 0. The first-order chi connectivity index (χ1) is 13.3. The molecule has 148 valence electrons. The van der Waals surface area contributed by atoms with Crippen molar-refractivity contribution in [3.8, 4) is 11.4 Å². The van der Waals surface area contributed by atoms with Gasteiger partial charge in [-0.25, -0.2) is 0 Å². The van der Waals surface area contributed by atoms with Crippen LogP contribution in [0.5, 0.6) is 0 Å². The molecule has 0 bridgehead atoms. The maximum atomic E-state index is 6.04. The van der Waals surface area contributed by atoms with Crippen LogP contribution < -0.4 is 5.73 Å². The molecular formula is C22H27ClN4O. The van der Waals surface area contributed by atoms with Gasteiger partial charge < -0.3 is 10.3 Å². The van der Waals surface area contributed by atoms with Crippen molar-refractivity contribution in [2.75, 3.05) is 19.6 Å². The van der Waals surface area contributed by atoms with Crippen LogP contribution in [0.2, 0.25) is 0 Å². The van der Waals surface area contributed by atoms with Gasteiger partial charge in [0.05, 0.1) is 6.54 Å². The summed E-state index contributed by atoms with van der Waals surface area (Å²) in [6, 6.07) is 19.0. The van der Waals surface area contributed by atoms with Gasteiger partial charge in [0, 0.05) is 24.6 Å². The van der Waals surface area contributed by atoms with Crippen LogP contribution in [0, 0.1) is 5.92 Å². The lowest BCUT2D eigenvalue weighted by molar-refractivity contribution is 0.260. The van der Waals surface area contributed by atoms with E-state index in [1.165, 1.54) is 11.1 Å². The predicted molar refractivity (Wildman–Crippen MR) is 113 cm³/mol. The standard InChI is InChI=1S/C22H26N4O.ClH/c1-2-16-8-10-18(11-9-16)22-24-21(27-25-22)15-26-13-19(12-23)20(14-26)17-6-4-3-5-7-17;/h3-11,19-20H,2,12-15,23H2,1H3;1H/t19-,20+;/m1./s1. The molecule has 1 aliphatic heterocycles. The van der Waals surface area contributed by atoms with Gasteiger partial charge in [-0.1, -0.05) is 66.7 Å². The van der Waals surface area contributed by atoms with E-state index < -0.39 is 0 Å². The predicted octanol–water partition coefficient (Wildman–Crippen LogP) is 3.90. The van der Waals surface area contributed by atoms with E-state index in [0.717, 1.165) is 25.1 Å². The normalized spacial score (nSPS) is 19.5. The van der Waals surface area contributed by atoms with Gasteiger partial charge in [-0.3, -0.25) is 4.90 Å². The van der Waals surface area contributed by atoms with Gasteiger partial charge in [0.25, 0.3) is 0 Å². The number of aromatic nitrogens is 2. The third-order valence-electron chi connectivity index (χ3n) is 5.49. The highest BCUT2D eigenvalue weighted by atomic mass is 35.5. The summed E-state index contributed by atoms with van der Waals surface area (Å²) < 4.78 is 5.51. The number of halogens is 1. The molecule has 1 aliphatic rings. The number of benzene rings is 2. The molecular weight excluding hydrogens is 372 g/mol. The Morgan fingerprint density at radius 2 is 1.82 bits per heavy atom. The van der Waals surface area contributed by atoms with E-state index >= 15 is 0 Å². The van der Waals surface area contributed by atoms with E-state index in [-0.39, 0.29) is 12.4 Å². The third-order valence-corrected chi connectivity index (χ3v) is 5.49. The fourth-order valence-corrected chi connectivity index (χ4v) is 3.92. The van der Waals surface area contributed by atoms with Crippen LogP contribution in [0.25, 0.3) is 11.4 Å². The molecule has 1 aromatic heterocycles. The molecule has 0 radical (unpaired) electrons. The summed E-state index contributed by atoms with van der Waals surface area (Å²) in [4.78, 5) is 6.97. The second kappa shape index (κ2) is 9.32. The molecule has 0 spiro atoms. The Kier molecular flexibility index (Phi) is 6.83. The summed E-state index contributed by atoms with van der Waals surface area (Å²) in [5.41, 5.74) is 9.70. The molecule has 2 N–H and O–H groups in total. The SMILES string of the molecule is CCc1ccc(-c2noc(CN3C[C@@H](CN)[C@H](c4ccccc4)C3)n2)cc1.Cl. The lowest BCUT2D eigenvalue weighted by Gasteiger charge is -2.16. The van der Waals surface area contributed by atoms with Crippen molar-refractivity contribution in [3.63, 3.8) is 0 Å². The Balaban J connectivity index is 0.00000225. The summed E-state index contributed by atoms with van der Waals surface area (Å²) in [5, 5.41) is 4.16. The van der Waals surface area contributed by atoms with E-state index in [1.54, 1.807) is 0 Å². The number of rotatable bonds is 6. The monoisotopic (exact) mass is 398 g/mol. The molecule has 5 nitrogen and oxygen atoms in total. The molecule has 28 heavy (non-hydrogen) atoms. The Morgan fingerprint density at radius 1 is 1.07 bits per heavy atom. The molecule has 2 atom stereocenters. The van der Waals surface area contributed by atoms with Gasteiger partial charge in [-0.15, -0.1) is 12.4 Å². The molecule has 0 aliphatic carbocycles. The highest BCUT2D eigenvalue weighted by Crippen LogP contribution is 2.32. The van der Waals surface area contributed by atoms with Crippen LogP contribution >= 0.6 is 12.4 Å². The first-order valence-corrected chi connectivity index (χ1v) is 9.66. The fraction of sp³-hybridized carbons (Fsp3) is 0.364. The van der Waals surface area contributed by atoms with E-state index in [2.05, 4.69) is 76.6 Å². The number of likely N-dealkylation sites (tertiary alicyclic amines) is 1. The van der Waals surface area contributed by atoms with Crippen LogP contribution in [0.15, 0.2) is 59.1 Å². The molecule has 1 saturated heterocycles. The molecule has 2 aromatic carbocycles. The minimum Gasteiger partial charge on any atom is -0.338 e. The van der Waals surface area contributed by atoms with Gasteiger partial charge in [-0.05, 0) is 30.0 Å². The smallest absolute Gasteiger partial charge is 0.241 e. The maximum absolute atomic E-state index is 6.04. The van der Waals surface area contributed by atoms with E-state index in [1.807, 2.05) is 0 Å². The van der Waals surface area contributed by atoms with Crippen LogP contribution in [-0.2, 0) is 13.0 Å². The van der Waals surface area contributed by atoms with Crippen LogP contribution in [0.4, 0.5) is 0 Å². The van der Waals surface area contributed by atoms with Gasteiger partial charge in [0.15, 0.2) is 0 Å². The quantitative estimate of drug-likeness (QED) is 0.682. The molecule has 4 rings (SSSR count). The van der Waals surface area contributed by atoms with Crippen molar-refractivity contribution in [1.29, 1.82) is 0 Å². The minimum atomic E-state index is 0. The van der Waals surface area contributed by atoms with Gasteiger partial charge in [0.2, 0.25) is 11.7 Å². The summed E-state index contributed by atoms with van der Waals surface area (Å²) in [7, 11) is 0. The molecule has 0 amide bonds. The van der Waals surface area contributed by atoms with E-state index in [0.29, 0.717) is 36.6 Å². The number of hydrogen-bond donors (Lipinski definition) is 1. The number of nitrogens with zero attached hydrogens (tertiary/aromatic N) is 3. The fourth-order valence-electron chi connectivity index (χ4n) is 3.92. The van der Waals surface area contributed by atoms with Gasteiger partial charge >= 0.3 is 0 Å². The van der Waals surface area contributed by atoms with Crippen LogP contribution in [-0.4, -0.2) is 34.7 Å². The average molecular weight is 399 g/mol. The lowest BCUT2D eigenvalue weighted by Crippen LogP contribution is -2.23. The Labute approximate surface area is 172 Å². The van der Waals surface area contributed by atoms with Crippen LogP contribution in [0.3, 0.4) is 0 Å². The van der Waals surface area contributed by atoms with Crippen LogP contribution in [0.1, 0.15) is 29.9 Å². The van der Waals surface area contributed by atoms with E-state index in [9.17, 15) is 0 Å². The lowest BCUT2D eigenvalue weighted by atomic mass is 9.89. The second-order valence-corrected chi connectivity index (χ2v) is 7.27. The van der Waals surface area contributed by atoms with Crippen molar-refractivity contribution in [2.24, 2.45) is 11.7 Å². The zero-order chi connectivity index (χ0) is 18.6. The number of hydrogen-bond acceptors (Lipinski definition) is 5. The summed E-state index contributed by atoms with van der Waals surface area (Å²) in [6.45, 7) is 5.43. The third kappa shape index (κ3) is 4.43. The summed E-state index contributed by atoms with van der Waals surface area (Å²) >= 11 is 0. The largest absolute Gasteiger partial charge is 0.338 e. The first-order valence-electron chi connectivity index (χ1n) is 9.66. The topological polar surface area (TPSA) is 68.2 Å². The second-order valence-electron chi connectivity index (χ2n) is 7.27. The molecule has 1 fully saturated rings. The molecule has 3 aromatic rings. The average Bonchev–Trinajstić information content (AvgIpc) is 3.36. The van der Waals surface area contributed by atoms with Crippen molar-refractivity contribution >= 4 is 12.4 Å². The number of aryl methyl sites for hydroxylation is 1. The molecule has 0 unspecified atom stereocenters. The highest BCUT2D eigenvalue weighted by Gasteiger charge is 2.33. The molecule has 0 saturated carbocycles. The zero-order valence-electron chi connectivity index (χ0n) is 16.1. The van der Waals surface area contributed by atoms with Gasteiger partial charge in [-0.2, -0.15) is 4.98 Å². The van der Waals surface area contributed by atoms with Crippen molar-refractivity contribution in [1.82, 2.24) is 15.0 Å². The van der Waals surface area contributed by atoms with Crippen molar-refractivity contribution < 1.29 is 4.52 Å². The first kappa shape index (κ1) is 20.5. The van der Waals surface area contributed by atoms with Crippen molar-refractivity contribution in [3.05, 3.63) is 71.6 Å². The Bertz CT molecular complexity index is 866.